The molecule has 1 N–H and O–H groups in total. The van der Waals surface area contributed by atoms with Gasteiger partial charge in [-0.3, -0.25) is 24.6 Å². The summed E-state index contributed by atoms with van der Waals surface area (Å²) in [4.78, 5) is 40.4. The topological polar surface area (TPSA) is 79.0 Å². The summed E-state index contributed by atoms with van der Waals surface area (Å²) >= 11 is 0. The van der Waals surface area contributed by atoms with Crippen molar-refractivity contribution in [1.82, 2.24) is 15.1 Å². The third kappa shape index (κ3) is 3.88. The summed E-state index contributed by atoms with van der Waals surface area (Å²) in [5.41, 5.74) is 1.49. The lowest BCUT2D eigenvalue weighted by Gasteiger charge is -2.38. The van der Waals surface area contributed by atoms with Crippen LogP contribution >= 0.6 is 0 Å². The maximum absolute atomic E-state index is 12.8. The second kappa shape index (κ2) is 8.14. The monoisotopic (exact) mass is 399 g/mol. The molecule has 1 aromatic carbocycles. The predicted molar refractivity (Wildman–Crippen MR) is 107 cm³/mol. The van der Waals surface area contributed by atoms with Gasteiger partial charge in [-0.25, -0.2) is 0 Å². The average molecular weight is 399 g/mol. The summed E-state index contributed by atoms with van der Waals surface area (Å²) in [5, 5.41) is 2.34. The summed E-state index contributed by atoms with van der Waals surface area (Å²) < 4.78 is 6.27. The molecule has 3 atom stereocenters. The Morgan fingerprint density at radius 3 is 2.79 bits per heavy atom. The third-order valence-electron chi connectivity index (χ3n) is 6.43. The highest BCUT2D eigenvalue weighted by atomic mass is 16.5. The minimum absolute atomic E-state index is 0.0663. The van der Waals surface area contributed by atoms with E-state index >= 15 is 0 Å². The Hall–Kier alpha value is -2.41. The van der Waals surface area contributed by atoms with Crippen molar-refractivity contribution in [2.75, 3.05) is 13.1 Å². The van der Waals surface area contributed by atoms with E-state index in [1.807, 2.05) is 12.1 Å². The van der Waals surface area contributed by atoms with Gasteiger partial charge in [-0.2, -0.15) is 0 Å². The van der Waals surface area contributed by atoms with Crippen molar-refractivity contribution in [1.29, 1.82) is 0 Å². The summed E-state index contributed by atoms with van der Waals surface area (Å²) in [5.74, 6) is -0.0530. The molecule has 7 nitrogen and oxygen atoms in total. The van der Waals surface area contributed by atoms with Crippen LogP contribution in [0.2, 0.25) is 0 Å². The predicted octanol–water partition coefficient (Wildman–Crippen LogP) is 2.09. The van der Waals surface area contributed by atoms with Gasteiger partial charge in [0.1, 0.15) is 17.9 Å². The summed E-state index contributed by atoms with van der Waals surface area (Å²) in [6, 6.07) is 5.39. The molecular formula is C22H29N3O4. The lowest BCUT2D eigenvalue weighted by Crippen LogP contribution is -2.52. The number of piperidine rings is 2. The van der Waals surface area contributed by atoms with Crippen molar-refractivity contribution in [3.8, 4) is 5.75 Å². The number of hydrogen-bond donors (Lipinski definition) is 1. The van der Waals surface area contributed by atoms with Gasteiger partial charge in [0, 0.05) is 24.6 Å². The minimum atomic E-state index is -0.587. The summed E-state index contributed by atoms with van der Waals surface area (Å²) in [7, 11) is 0. The fraction of sp³-hybridized carbons (Fsp3) is 0.591. The molecule has 7 heteroatoms. The molecule has 0 aliphatic carbocycles. The van der Waals surface area contributed by atoms with Crippen molar-refractivity contribution in [2.45, 2.75) is 70.7 Å². The van der Waals surface area contributed by atoms with Crippen molar-refractivity contribution >= 4 is 17.7 Å². The molecule has 4 rings (SSSR count). The number of carbonyl (C=O) groups excluding carboxylic acids is 3. The lowest BCUT2D eigenvalue weighted by atomic mass is 9.98. The molecule has 2 saturated heterocycles. The molecule has 156 valence electrons. The highest BCUT2D eigenvalue weighted by Gasteiger charge is 2.39. The average Bonchev–Trinajstić information content (AvgIpc) is 3.03. The Balaban J connectivity index is 1.46. The van der Waals surface area contributed by atoms with Gasteiger partial charge in [-0.05, 0) is 63.0 Å². The number of likely N-dealkylation sites (tertiary alicyclic amines) is 1. The van der Waals surface area contributed by atoms with E-state index in [1.165, 1.54) is 12.8 Å². The van der Waals surface area contributed by atoms with E-state index in [9.17, 15) is 14.4 Å². The van der Waals surface area contributed by atoms with Crippen molar-refractivity contribution in [3.05, 3.63) is 29.3 Å². The molecular weight excluding hydrogens is 370 g/mol. The zero-order valence-electron chi connectivity index (χ0n) is 17.1. The van der Waals surface area contributed by atoms with Crippen LogP contribution in [0.3, 0.4) is 0 Å². The molecule has 0 bridgehead atoms. The number of nitrogens with zero attached hydrogens (tertiary/aromatic N) is 2. The first-order chi connectivity index (χ1) is 14.0. The van der Waals surface area contributed by atoms with Crippen molar-refractivity contribution < 1.29 is 19.1 Å². The highest BCUT2D eigenvalue weighted by molar-refractivity contribution is 6.05. The number of ether oxygens (including phenoxy) is 1. The number of amides is 3. The number of imide groups is 1. The first kappa shape index (κ1) is 19.9. The molecule has 1 aromatic rings. The Kier molecular flexibility index (Phi) is 5.58. The van der Waals surface area contributed by atoms with Gasteiger partial charge in [0.2, 0.25) is 11.8 Å². The maximum Gasteiger partial charge on any atom is 0.255 e. The van der Waals surface area contributed by atoms with Gasteiger partial charge < -0.3 is 9.64 Å². The van der Waals surface area contributed by atoms with E-state index in [2.05, 4.69) is 24.1 Å². The quantitative estimate of drug-likeness (QED) is 0.767. The second-order valence-corrected chi connectivity index (χ2v) is 8.23. The van der Waals surface area contributed by atoms with E-state index in [0.717, 1.165) is 30.8 Å². The Morgan fingerprint density at radius 2 is 2.03 bits per heavy atom. The van der Waals surface area contributed by atoms with Crippen LogP contribution in [0.25, 0.3) is 0 Å². The largest absolute Gasteiger partial charge is 0.489 e. The highest BCUT2D eigenvalue weighted by Crippen LogP contribution is 2.31. The lowest BCUT2D eigenvalue weighted by molar-refractivity contribution is -0.136. The molecule has 2 fully saturated rings. The van der Waals surface area contributed by atoms with Gasteiger partial charge in [-0.15, -0.1) is 0 Å². The number of hydrogen-bond acceptors (Lipinski definition) is 5. The number of nitrogens with one attached hydrogen (secondary N) is 1. The summed E-state index contributed by atoms with van der Waals surface area (Å²) in [6.45, 7) is 6.82. The van der Waals surface area contributed by atoms with Crippen LogP contribution in [0.15, 0.2) is 18.2 Å². The van der Waals surface area contributed by atoms with Crippen LogP contribution in [0, 0.1) is 0 Å². The molecule has 29 heavy (non-hydrogen) atoms. The van der Waals surface area contributed by atoms with E-state index in [4.69, 9.17) is 4.74 Å². The molecule has 3 aliphatic heterocycles. The normalized spacial score (nSPS) is 26.3. The van der Waals surface area contributed by atoms with Crippen LogP contribution in [-0.2, 0) is 16.1 Å². The van der Waals surface area contributed by atoms with Gasteiger partial charge in [0.15, 0.2) is 0 Å². The number of likely N-dealkylation sites (N-methyl/N-ethyl adjacent to an activating group) is 1. The Labute approximate surface area is 171 Å². The SMILES string of the molecule is CCN1CCCCC1C(C)Oc1ccc2c(c1)CN(C1CCC(=O)NC1=O)C2=O. The van der Waals surface area contributed by atoms with Crippen LogP contribution < -0.4 is 10.1 Å². The van der Waals surface area contributed by atoms with E-state index in [1.54, 1.807) is 11.0 Å². The molecule has 3 aliphatic rings. The fourth-order valence-corrected chi connectivity index (χ4v) is 4.86. The Morgan fingerprint density at radius 1 is 1.21 bits per heavy atom. The van der Waals surface area contributed by atoms with Crippen LogP contribution in [0.4, 0.5) is 0 Å². The van der Waals surface area contributed by atoms with Crippen LogP contribution in [0.1, 0.15) is 61.9 Å². The third-order valence-corrected chi connectivity index (χ3v) is 6.43. The van der Waals surface area contributed by atoms with E-state index in [0.29, 0.717) is 24.6 Å². The first-order valence-corrected chi connectivity index (χ1v) is 10.7. The maximum atomic E-state index is 12.8. The molecule has 0 radical (unpaired) electrons. The van der Waals surface area contributed by atoms with Crippen molar-refractivity contribution in [2.24, 2.45) is 0 Å². The number of rotatable bonds is 5. The number of benzene rings is 1. The summed E-state index contributed by atoms with van der Waals surface area (Å²) in [6.07, 6.45) is 4.32. The molecule has 3 heterocycles. The molecule has 0 saturated carbocycles. The number of fused-ring (bicyclic) bond motifs is 1. The van der Waals surface area contributed by atoms with E-state index < -0.39 is 6.04 Å². The van der Waals surface area contributed by atoms with Gasteiger partial charge in [0.05, 0.1) is 0 Å². The molecule has 3 unspecified atom stereocenters. The zero-order valence-corrected chi connectivity index (χ0v) is 17.1. The van der Waals surface area contributed by atoms with Crippen molar-refractivity contribution in [3.63, 3.8) is 0 Å². The standard InChI is InChI=1S/C22H29N3O4/c1-3-24-11-5-4-6-18(24)14(2)29-16-7-8-17-15(12-16)13-25(22(17)28)19-9-10-20(26)23-21(19)27/h7-8,12,14,18-19H,3-6,9-11,13H2,1-2H3,(H,23,26,27). The van der Waals surface area contributed by atoms with Crippen LogP contribution in [-0.4, -0.2) is 58.8 Å². The second-order valence-electron chi connectivity index (χ2n) is 8.23. The minimum Gasteiger partial charge on any atom is -0.489 e. The van der Waals surface area contributed by atoms with E-state index in [-0.39, 0.29) is 30.2 Å². The fourth-order valence-electron chi connectivity index (χ4n) is 4.86. The molecule has 0 spiro atoms. The molecule has 3 amide bonds. The number of carbonyl (C=O) groups is 3. The van der Waals surface area contributed by atoms with Gasteiger partial charge in [-0.1, -0.05) is 13.3 Å². The smallest absolute Gasteiger partial charge is 0.255 e. The van der Waals surface area contributed by atoms with Gasteiger partial charge >= 0.3 is 0 Å². The zero-order chi connectivity index (χ0) is 20.5. The van der Waals surface area contributed by atoms with Crippen LogP contribution in [0.5, 0.6) is 5.75 Å². The first-order valence-electron chi connectivity index (χ1n) is 10.7. The Bertz CT molecular complexity index is 824. The molecule has 0 aromatic heterocycles. The van der Waals surface area contributed by atoms with Gasteiger partial charge in [0.25, 0.3) is 5.91 Å².